The first-order valence-corrected chi connectivity index (χ1v) is 3.12. The van der Waals surface area contributed by atoms with E-state index in [1.807, 2.05) is 14.1 Å². The van der Waals surface area contributed by atoms with Gasteiger partial charge in [0.2, 0.25) is 0 Å². The zero-order valence-corrected chi connectivity index (χ0v) is 6.18. The zero-order valence-electron chi connectivity index (χ0n) is 6.18. The first-order chi connectivity index (χ1) is 4.25. The van der Waals surface area contributed by atoms with Crippen molar-refractivity contribution in [3.05, 3.63) is 11.8 Å². The van der Waals surface area contributed by atoms with E-state index >= 15 is 0 Å². The summed E-state index contributed by atoms with van der Waals surface area (Å²) in [5, 5.41) is 0. The molecule has 0 aromatic rings. The van der Waals surface area contributed by atoms with Crippen LogP contribution in [0.5, 0.6) is 0 Å². The largest absolute Gasteiger partial charge is 0.337 e. The minimum Gasteiger partial charge on any atom is -0.337 e. The maximum absolute atomic E-state index is 4.11. The highest BCUT2D eigenvalue weighted by Gasteiger charge is 2.11. The molecule has 1 aliphatic heterocycles. The first kappa shape index (κ1) is 6.33. The van der Waals surface area contributed by atoms with Crippen molar-refractivity contribution in [2.45, 2.75) is 13.3 Å². The lowest BCUT2D eigenvalue weighted by atomic mass is 10.4. The fourth-order valence-electron chi connectivity index (χ4n) is 0.958. The third-order valence-electron chi connectivity index (χ3n) is 1.75. The van der Waals surface area contributed by atoms with E-state index in [4.69, 9.17) is 0 Å². The van der Waals surface area contributed by atoms with Crippen LogP contribution in [0, 0.1) is 0 Å². The number of allylic oxidation sites excluding steroid dienone is 1. The normalized spacial score (nSPS) is 23.2. The van der Waals surface area contributed by atoms with Crippen LogP contribution in [-0.4, -0.2) is 24.8 Å². The van der Waals surface area contributed by atoms with E-state index in [1.54, 1.807) is 0 Å². The Morgan fingerprint density at radius 2 is 2.33 bits per heavy atom. The van der Waals surface area contributed by atoms with E-state index in [0.717, 1.165) is 12.3 Å². The number of hydrogen-bond acceptors (Lipinski definition) is 1. The summed E-state index contributed by atoms with van der Waals surface area (Å²) in [6.45, 7) is 2.10. The van der Waals surface area contributed by atoms with Crippen LogP contribution < -0.4 is 0 Å². The third-order valence-corrected chi connectivity index (χ3v) is 1.75. The fourth-order valence-corrected chi connectivity index (χ4v) is 0.958. The molecule has 0 aromatic carbocycles. The topological polar surface area (TPSA) is 15.6 Å². The van der Waals surface area contributed by atoms with Gasteiger partial charge in [-0.1, -0.05) is 6.08 Å². The van der Waals surface area contributed by atoms with E-state index in [0.29, 0.717) is 0 Å². The van der Waals surface area contributed by atoms with Crippen molar-refractivity contribution in [3.63, 3.8) is 0 Å². The Bertz CT molecular complexity index is 168. The minimum absolute atomic E-state index is 0.999. The molecule has 0 saturated carbocycles. The molecule has 0 aromatic heterocycles. The molecule has 2 nitrogen and oxygen atoms in total. The van der Waals surface area contributed by atoms with Crippen molar-refractivity contribution in [2.24, 2.45) is 4.99 Å². The zero-order chi connectivity index (χ0) is 6.85. The van der Waals surface area contributed by atoms with E-state index in [1.165, 1.54) is 5.70 Å². The molecule has 9 heavy (non-hydrogen) atoms. The number of rotatable bonds is 0. The first-order valence-electron chi connectivity index (χ1n) is 3.12. The van der Waals surface area contributed by atoms with E-state index in [-0.39, 0.29) is 0 Å². The van der Waals surface area contributed by atoms with Gasteiger partial charge in [-0.2, -0.15) is 0 Å². The second-order valence-electron chi connectivity index (χ2n) is 2.25. The second kappa shape index (κ2) is 2.21. The summed E-state index contributed by atoms with van der Waals surface area (Å²) in [5.74, 6) is 1.16. The summed E-state index contributed by atoms with van der Waals surface area (Å²) in [7, 11) is 3.87. The monoisotopic (exact) mass is 124 g/mol. The van der Waals surface area contributed by atoms with Crippen molar-refractivity contribution in [1.29, 1.82) is 0 Å². The van der Waals surface area contributed by atoms with Crippen LogP contribution in [0.4, 0.5) is 0 Å². The molecule has 0 spiro atoms. The van der Waals surface area contributed by atoms with Gasteiger partial charge in [0.1, 0.15) is 5.84 Å². The van der Waals surface area contributed by atoms with Crippen LogP contribution in [0.1, 0.15) is 13.3 Å². The number of hydrogen-bond donors (Lipinski definition) is 0. The lowest BCUT2D eigenvalue weighted by Gasteiger charge is -2.12. The lowest BCUT2D eigenvalue weighted by Crippen LogP contribution is -2.18. The molecule has 2 heteroatoms. The summed E-state index contributed by atoms with van der Waals surface area (Å²) in [4.78, 5) is 6.22. The molecule has 0 aliphatic carbocycles. The van der Waals surface area contributed by atoms with E-state index < -0.39 is 0 Å². The summed E-state index contributed by atoms with van der Waals surface area (Å²) in [6.07, 6.45) is 3.18. The SMILES string of the molecule is CN=C1CC=C(C)N1C. The summed E-state index contributed by atoms with van der Waals surface area (Å²) in [6, 6.07) is 0. The summed E-state index contributed by atoms with van der Waals surface area (Å²) < 4.78 is 0. The maximum Gasteiger partial charge on any atom is 0.106 e. The summed E-state index contributed by atoms with van der Waals surface area (Å²) in [5.41, 5.74) is 1.30. The molecule has 1 aliphatic rings. The van der Waals surface area contributed by atoms with E-state index in [2.05, 4.69) is 22.9 Å². The molecule has 1 heterocycles. The highest BCUT2D eigenvalue weighted by Crippen LogP contribution is 2.13. The summed E-state index contributed by atoms with van der Waals surface area (Å²) >= 11 is 0. The predicted octanol–water partition coefficient (Wildman–Crippen LogP) is 1.25. The molecule has 0 amide bonds. The average molecular weight is 124 g/mol. The van der Waals surface area contributed by atoms with Crippen LogP contribution in [0.2, 0.25) is 0 Å². The Hall–Kier alpha value is -0.790. The van der Waals surface area contributed by atoms with E-state index in [9.17, 15) is 0 Å². The molecule has 0 fully saturated rings. The molecule has 1 rings (SSSR count). The van der Waals surface area contributed by atoms with Crippen molar-refractivity contribution < 1.29 is 0 Å². The minimum atomic E-state index is 0.999. The van der Waals surface area contributed by atoms with Crippen molar-refractivity contribution in [3.8, 4) is 0 Å². The Morgan fingerprint density at radius 1 is 1.67 bits per heavy atom. The van der Waals surface area contributed by atoms with Gasteiger partial charge >= 0.3 is 0 Å². The van der Waals surface area contributed by atoms with Gasteiger partial charge in [0.15, 0.2) is 0 Å². The number of amidine groups is 1. The molecule has 0 unspecified atom stereocenters. The number of aliphatic imine (C=N–C) groups is 1. The number of nitrogens with zero attached hydrogens (tertiary/aromatic N) is 2. The molecule has 0 saturated heterocycles. The van der Waals surface area contributed by atoms with Gasteiger partial charge in [-0.15, -0.1) is 0 Å². The smallest absolute Gasteiger partial charge is 0.106 e. The Kier molecular flexibility index (Phi) is 1.56. The second-order valence-corrected chi connectivity index (χ2v) is 2.25. The predicted molar refractivity (Wildman–Crippen MR) is 39.5 cm³/mol. The standard InChI is InChI=1S/C7H12N2/c1-6-4-5-7(8-2)9(6)3/h4H,5H2,1-3H3. The van der Waals surface area contributed by atoms with Crippen molar-refractivity contribution >= 4 is 5.84 Å². The Labute approximate surface area is 55.9 Å². The van der Waals surface area contributed by atoms with Gasteiger partial charge < -0.3 is 4.90 Å². The Balaban J connectivity index is 2.73. The van der Waals surface area contributed by atoms with Gasteiger partial charge in [-0.05, 0) is 6.92 Å². The molecular formula is C7H12N2. The van der Waals surface area contributed by atoms with Crippen LogP contribution in [0.15, 0.2) is 16.8 Å². The lowest BCUT2D eigenvalue weighted by molar-refractivity contribution is 0.639. The van der Waals surface area contributed by atoms with Gasteiger partial charge in [0, 0.05) is 26.2 Å². The molecular weight excluding hydrogens is 112 g/mol. The van der Waals surface area contributed by atoms with Crippen LogP contribution in [0.3, 0.4) is 0 Å². The van der Waals surface area contributed by atoms with Gasteiger partial charge in [0.05, 0.1) is 0 Å². The third kappa shape index (κ3) is 0.969. The van der Waals surface area contributed by atoms with Crippen LogP contribution in [-0.2, 0) is 0 Å². The van der Waals surface area contributed by atoms with Gasteiger partial charge in [-0.25, -0.2) is 0 Å². The molecule has 0 bridgehead atoms. The Morgan fingerprint density at radius 3 is 2.56 bits per heavy atom. The molecule has 0 atom stereocenters. The van der Waals surface area contributed by atoms with Gasteiger partial charge in [0.25, 0.3) is 0 Å². The highest BCUT2D eigenvalue weighted by molar-refractivity contribution is 5.87. The molecule has 50 valence electrons. The van der Waals surface area contributed by atoms with Crippen LogP contribution in [0.25, 0.3) is 0 Å². The molecule has 0 radical (unpaired) electrons. The average Bonchev–Trinajstić information content (AvgIpc) is 2.15. The molecule has 0 N–H and O–H groups in total. The quantitative estimate of drug-likeness (QED) is 0.474. The van der Waals surface area contributed by atoms with Crippen molar-refractivity contribution in [2.75, 3.05) is 14.1 Å². The fraction of sp³-hybridized carbons (Fsp3) is 0.571. The highest BCUT2D eigenvalue weighted by atomic mass is 15.2. The van der Waals surface area contributed by atoms with Crippen LogP contribution >= 0.6 is 0 Å². The van der Waals surface area contributed by atoms with Gasteiger partial charge in [-0.3, -0.25) is 4.99 Å². The maximum atomic E-state index is 4.11. The van der Waals surface area contributed by atoms with Crippen molar-refractivity contribution in [1.82, 2.24) is 4.90 Å².